The van der Waals surface area contributed by atoms with Crippen molar-refractivity contribution >= 4 is 50.0 Å². The summed E-state index contributed by atoms with van der Waals surface area (Å²) < 4.78 is 43.4. The monoisotopic (exact) mass is 665 g/mol. The van der Waals surface area contributed by atoms with Gasteiger partial charge in [-0.1, -0.05) is 53.5 Å². The van der Waals surface area contributed by atoms with Gasteiger partial charge in [-0.3, -0.25) is 4.79 Å². The molecule has 45 heavy (non-hydrogen) atoms. The van der Waals surface area contributed by atoms with Gasteiger partial charge >= 0.3 is 0 Å². The number of aromatic nitrogens is 3. The average molecular weight is 667 g/mol. The highest BCUT2D eigenvalue weighted by Gasteiger charge is 2.45. The fraction of sp³-hybridized carbons (Fsp3) is 0.219. The van der Waals surface area contributed by atoms with Crippen LogP contribution in [0.15, 0.2) is 90.3 Å². The first-order valence-electron chi connectivity index (χ1n) is 14.1. The number of para-hydroxylation sites is 2. The van der Waals surface area contributed by atoms with E-state index < -0.39 is 28.1 Å². The third-order valence-electron chi connectivity index (χ3n) is 7.61. The molecule has 232 valence electrons. The molecule has 10 nitrogen and oxygen atoms in total. The second-order valence-corrected chi connectivity index (χ2v) is 13.2. The molecule has 1 saturated heterocycles. The number of amides is 1. The minimum absolute atomic E-state index is 0.0413. The fourth-order valence-electron chi connectivity index (χ4n) is 5.46. The number of hydrogen-bond donors (Lipinski definition) is 1. The molecule has 5 aromatic rings. The zero-order chi connectivity index (χ0) is 31.7. The number of likely N-dealkylation sites (N-methyl/N-ethyl adjacent to an activating group) is 1. The molecule has 1 aliphatic rings. The van der Waals surface area contributed by atoms with Gasteiger partial charge in [0, 0.05) is 47.5 Å². The van der Waals surface area contributed by atoms with Crippen molar-refractivity contribution in [3.05, 3.63) is 107 Å². The van der Waals surface area contributed by atoms with Gasteiger partial charge in [-0.05, 0) is 43.3 Å². The van der Waals surface area contributed by atoms with Crippen molar-refractivity contribution in [1.29, 1.82) is 0 Å². The molecule has 6 rings (SSSR count). The molecule has 2 atom stereocenters. The Bertz CT molecular complexity index is 1970. The van der Waals surface area contributed by atoms with Crippen LogP contribution in [0.1, 0.15) is 17.7 Å². The number of sulfonamides is 1. The lowest BCUT2D eigenvalue weighted by atomic mass is 10.1. The minimum Gasteiger partial charge on any atom is -0.489 e. The number of nitrogens with zero attached hydrogens (tertiary/aromatic N) is 4. The maximum Gasteiger partial charge on any atom is 0.245 e. The molecule has 0 radical (unpaired) electrons. The molecule has 0 unspecified atom stereocenters. The van der Waals surface area contributed by atoms with Crippen molar-refractivity contribution in [3.63, 3.8) is 0 Å². The van der Waals surface area contributed by atoms with E-state index in [2.05, 4.69) is 10.3 Å². The Morgan fingerprint density at radius 3 is 2.62 bits per heavy atom. The number of nitrogens with one attached hydrogen (secondary N) is 1. The van der Waals surface area contributed by atoms with E-state index in [0.29, 0.717) is 17.0 Å². The molecule has 1 fully saturated rings. The number of benzene rings is 3. The Hall–Kier alpha value is -4.16. The number of rotatable bonds is 9. The van der Waals surface area contributed by atoms with E-state index >= 15 is 0 Å². The molecular weight excluding hydrogens is 637 g/mol. The van der Waals surface area contributed by atoms with E-state index in [4.69, 9.17) is 37.7 Å². The van der Waals surface area contributed by atoms with Crippen LogP contribution in [0.3, 0.4) is 0 Å². The average Bonchev–Trinajstić information content (AvgIpc) is 3.72. The van der Waals surface area contributed by atoms with Gasteiger partial charge in [-0.15, -0.1) is 0 Å². The number of ether oxygens (including phenoxy) is 2. The summed E-state index contributed by atoms with van der Waals surface area (Å²) in [6.07, 6.45) is 4.87. The summed E-state index contributed by atoms with van der Waals surface area (Å²) in [5.41, 5.74) is 2.56. The van der Waals surface area contributed by atoms with Gasteiger partial charge in [-0.25, -0.2) is 18.4 Å². The number of pyridine rings is 1. The van der Waals surface area contributed by atoms with Crippen LogP contribution in [-0.2, 0) is 21.4 Å². The number of halogens is 2. The first-order valence-corrected chi connectivity index (χ1v) is 16.3. The molecule has 0 saturated carbocycles. The van der Waals surface area contributed by atoms with E-state index in [-0.39, 0.29) is 40.1 Å². The molecular formula is C32H29Cl2N5O5S. The van der Waals surface area contributed by atoms with Crippen LogP contribution in [-0.4, -0.2) is 58.9 Å². The van der Waals surface area contributed by atoms with Crippen molar-refractivity contribution in [2.24, 2.45) is 0 Å². The Kier molecular flexibility index (Phi) is 8.69. The van der Waals surface area contributed by atoms with Crippen molar-refractivity contribution < 1.29 is 22.7 Å². The number of fused-ring (bicyclic) bond motifs is 1. The van der Waals surface area contributed by atoms with Crippen LogP contribution in [0.5, 0.6) is 11.5 Å². The highest BCUT2D eigenvalue weighted by Crippen LogP contribution is 2.37. The fourth-order valence-corrected chi connectivity index (χ4v) is 7.95. The van der Waals surface area contributed by atoms with Gasteiger partial charge in [0.2, 0.25) is 15.9 Å². The highest BCUT2D eigenvalue weighted by molar-refractivity contribution is 7.89. The Morgan fingerprint density at radius 1 is 1.09 bits per heavy atom. The lowest BCUT2D eigenvalue weighted by Crippen LogP contribution is -2.45. The number of carbonyl (C=O) groups is 1. The molecule has 3 aromatic carbocycles. The molecule has 3 heterocycles. The molecule has 1 N–H and O–H groups in total. The summed E-state index contributed by atoms with van der Waals surface area (Å²) in [6, 6.07) is 18.4. The van der Waals surface area contributed by atoms with Crippen LogP contribution >= 0.6 is 23.2 Å². The molecule has 1 aliphatic heterocycles. The Balaban J connectivity index is 1.30. The number of carbonyl (C=O) groups excluding carboxylic acids is 1. The maximum absolute atomic E-state index is 14.1. The predicted octanol–water partition coefficient (Wildman–Crippen LogP) is 5.57. The topological polar surface area (TPSA) is 116 Å². The standard InChI is InChI=1S/C32H29Cl2N5O5S/c1-20-15-26(38-14-13-36-19-38)23-9-6-10-28(31(23)37-20)43-18-24-25(33)11-12-29(30(24)34)45(41,42)39-17-22(16-27(39)32(40)35-2)44-21-7-4-3-5-8-21/h3-15,19,22,27H,16-18H2,1-2H3,(H,35,40)/t22-,27+/m1/s1. The van der Waals surface area contributed by atoms with Gasteiger partial charge in [0.15, 0.2) is 0 Å². The van der Waals surface area contributed by atoms with Crippen molar-refractivity contribution in [3.8, 4) is 17.2 Å². The first-order chi connectivity index (χ1) is 21.7. The molecule has 13 heteroatoms. The summed E-state index contributed by atoms with van der Waals surface area (Å²) in [4.78, 5) is 21.5. The van der Waals surface area contributed by atoms with E-state index in [9.17, 15) is 13.2 Å². The van der Waals surface area contributed by atoms with E-state index in [1.807, 2.05) is 54.1 Å². The zero-order valence-electron chi connectivity index (χ0n) is 24.4. The van der Waals surface area contributed by atoms with Crippen LogP contribution in [0.2, 0.25) is 10.0 Å². The molecule has 0 bridgehead atoms. The zero-order valence-corrected chi connectivity index (χ0v) is 26.7. The van der Waals surface area contributed by atoms with E-state index in [1.54, 1.807) is 30.7 Å². The summed E-state index contributed by atoms with van der Waals surface area (Å²) in [7, 11) is -2.80. The second kappa shape index (κ2) is 12.7. The summed E-state index contributed by atoms with van der Waals surface area (Å²) in [5.74, 6) is 0.606. The lowest BCUT2D eigenvalue weighted by molar-refractivity contribution is -0.123. The molecule has 1 amide bonds. The van der Waals surface area contributed by atoms with Gasteiger partial charge in [-0.2, -0.15) is 4.31 Å². The van der Waals surface area contributed by atoms with Crippen molar-refractivity contribution in [2.45, 2.75) is 37.0 Å². The number of aryl methyl sites for hydroxylation is 1. The predicted molar refractivity (Wildman–Crippen MR) is 172 cm³/mol. The van der Waals surface area contributed by atoms with Gasteiger partial charge in [0.25, 0.3) is 0 Å². The third kappa shape index (κ3) is 6.08. The third-order valence-corrected chi connectivity index (χ3v) is 10.4. The van der Waals surface area contributed by atoms with Gasteiger partial charge in [0.05, 0.1) is 23.6 Å². The van der Waals surface area contributed by atoms with Crippen LogP contribution in [0.25, 0.3) is 16.6 Å². The summed E-state index contributed by atoms with van der Waals surface area (Å²) >= 11 is 13.3. The SMILES string of the molecule is CNC(=O)[C@@H]1C[C@@H](Oc2ccccc2)CN1S(=O)(=O)c1ccc(Cl)c(COc2cccc3c(-n4ccnc4)cc(C)nc23)c1Cl. The van der Waals surface area contributed by atoms with E-state index in [0.717, 1.165) is 21.1 Å². The van der Waals surface area contributed by atoms with Crippen LogP contribution in [0.4, 0.5) is 0 Å². The van der Waals surface area contributed by atoms with E-state index in [1.165, 1.54) is 19.2 Å². The lowest BCUT2D eigenvalue weighted by Gasteiger charge is -2.24. The maximum atomic E-state index is 14.1. The molecule has 0 spiro atoms. The van der Waals surface area contributed by atoms with Crippen LogP contribution < -0.4 is 14.8 Å². The largest absolute Gasteiger partial charge is 0.489 e. The number of hydrogen-bond acceptors (Lipinski definition) is 7. The quantitative estimate of drug-likeness (QED) is 0.219. The van der Waals surface area contributed by atoms with Crippen molar-refractivity contribution in [2.75, 3.05) is 13.6 Å². The molecule has 0 aliphatic carbocycles. The smallest absolute Gasteiger partial charge is 0.245 e. The normalized spacial score (nSPS) is 17.0. The minimum atomic E-state index is -4.27. The molecule has 2 aromatic heterocycles. The summed E-state index contributed by atoms with van der Waals surface area (Å²) in [5, 5.41) is 3.55. The van der Waals surface area contributed by atoms with Gasteiger partial charge in [0.1, 0.15) is 40.7 Å². The second-order valence-electron chi connectivity index (χ2n) is 10.5. The summed E-state index contributed by atoms with van der Waals surface area (Å²) in [6.45, 7) is 1.72. The number of imidazole rings is 1. The van der Waals surface area contributed by atoms with Crippen LogP contribution in [0, 0.1) is 6.92 Å². The Morgan fingerprint density at radius 2 is 1.89 bits per heavy atom. The Labute approximate surface area is 270 Å². The first kappa shape index (κ1) is 30.8. The highest BCUT2D eigenvalue weighted by atomic mass is 35.5. The van der Waals surface area contributed by atoms with Gasteiger partial charge < -0.3 is 19.4 Å². The van der Waals surface area contributed by atoms with Crippen molar-refractivity contribution in [1.82, 2.24) is 24.2 Å².